The standard InChI is InChI=1S/5CH4O3/c5*2-1(3)4/h5*1-4H. The Hall–Kier alpha value is -0.600. The van der Waals surface area contributed by atoms with Gasteiger partial charge in [0.2, 0.25) is 0 Å². The highest BCUT2D eigenvalue weighted by molar-refractivity contribution is 3.77. The van der Waals surface area contributed by atoms with Gasteiger partial charge in [-0.1, -0.05) is 0 Å². The highest BCUT2D eigenvalue weighted by Gasteiger charge is 1.73. The van der Waals surface area contributed by atoms with Crippen LogP contribution in [0.25, 0.3) is 0 Å². The first-order valence-corrected chi connectivity index (χ1v) is 3.87. The van der Waals surface area contributed by atoms with E-state index in [2.05, 4.69) is 0 Å². The molecule has 0 saturated carbocycles. The fraction of sp³-hybridized carbons (Fsp3) is 1.00. The molecule has 0 aliphatic carbocycles. The molecule has 15 nitrogen and oxygen atoms in total. The summed E-state index contributed by atoms with van der Waals surface area (Å²) in [6.45, 7) is -10.8. The number of rotatable bonds is 0. The molecule has 0 saturated heterocycles. The third-order valence-corrected chi connectivity index (χ3v) is 0. The van der Waals surface area contributed by atoms with E-state index in [0.717, 1.165) is 0 Å². The summed E-state index contributed by atoms with van der Waals surface area (Å²) in [5, 5.41) is 108. The van der Waals surface area contributed by atoms with Crippen LogP contribution in [0.15, 0.2) is 0 Å². The molecular weight excluding hydrogens is 300 g/mol. The fourth-order valence-corrected chi connectivity index (χ4v) is 0. The topological polar surface area (TPSA) is 303 Å². The Balaban J connectivity index is -0.0000000469. The van der Waals surface area contributed by atoms with Gasteiger partial charge in [0.25, 0.3) is 32.4 Å². The Morgan fingerprint density at radius 1 is 0.200 bits per heavy atom. The van der Waals surface area contributed by atoms with Crippen molar-refractivity contribution < 1.29 is 76.6 Å². The predicted molar refractivity (Wildman–Crippen MR) is 52.2 cm³/mol. The lowest BCUT2D eigenvalue weighted by Crippen LogP contribution is -1.98. The Morgan fingerprint density at radius 2 is 0.200 bits per heavy atom. The summed E-state index contributed by atoms with van der Waals surface area (Å²) in [5.74, 6) is 0. The van der Waals surface area contributed by atoms with Crippen LogP contribution in [-0.2, 0) is 0 Å². The van der Waals surface area contributed by atoms with E-state index in [1.165, 1.54) is 0 Å². The molecule has 0 aromatic carbocycles. The fourth-order valence-electron chi connectivity index (χ4n) is 0. The average Bonchev–Trinajstić information content (AvgIpc) is 1.94. The van der Waals surface area contributed by atoms with E-state index in [4.69, 9.17) is 76.6 Å². The summed E-state index contributed by atoms with van der Waals surface area (Å²) in [5.41, 5.74) is 0. The number of hydrogen-bond acceptors (Lipinski definition) is 15. The van der Waals surface area contributed by atoms with Gasteiger partial charge in [-0.05, 0) is 0 Å². The molecule has 0 fully saturated rings. The molecule has 20 heavy (non-hydrogen) atoms. The number of hydrogen-bond donors (Lipinski definition) is 15. The molecule has 0 spiro atoms. The van der Waals surface area contributed by atoms with Gasteiger partial charge in [-0.25, -0.2) is 0 Å². The molecule has 0 aliphatic heterocycles. The molecule has 0 aromatic heterocycles. The van der Waals surface area contributed by atoms with E-state index in [1.54, 1.807) is 0 Å². The highest BCUT2D eigenvalue weighted by atomic mass is 16.7. The van der Waals surface area contributed by atoms with Crippen molar-refractivity contribution in [1.29, 1.82) is 0 Å². The Labute approximate surface area is 110 Å². The van der Waals surface area contributed by atoms with E-state index >= 15 is 0 Å². The first-order valence-electron chi connectivity index (χ1n) is 3.87. The first kappa shape index (κ1) is 31.7. The molecule has 15 heteroatoms. The van der Waals surface area contributed by atoms with E-state index in [9.17, 15) is 0 Å². The zero-order chi connectivity index (χ0) is 17.9. The highest BCUT2D eigenvalue weighted by Crippen LogP contribution is 1.50. The summed E-state index contributed by atoms with van der Waals surface area (Å²) in [4.78, 5) is 0. The largest absolute Gasteiger partial charge is 0.346 e. The van der Waals surface area contributed by atoms with Crippen LogP contribution in [0.3, 0.4) is 0 Å². The van der Waals surface area contributed by atoms with E-state index in [1.807, 2.05) is 0 Å². The SMILES string of the molecule is OC(O)O.OC(O)O.OC(O)O.OC(O)O.OC(O)O. The summed E-state index contributed by atoms with van der Waals surface area (Å²) in [7, 11) is 0. The molecule has 0 aliphatic rings. The van der Waals surface area contributed by atoms with Crippen molar-refractivity contribution in [3.63, 3.8) is 0 Å². The number of aliphatic hydroxyl groups is 15. The van der Waals surface area contributed by atoms with Crippen molar-refractivity contribution in [1.82, 2.24) is 0 Å². The molecule has 0 aromatic rings. The normalized spacial score (nSPS) is 9.00. The first-order chi connectivity index (χ1) is 8.66. The molecule has 0 rings (SSSR count). The van der Waals surface area contributed by atoms with Gasteiger partial charge in [-0.3, -0.25) is 0 Å². The van der Waals surface area contributed by atoms with E-state index < -0.39 is 32.4 Å². The third kappa shape index (κ3) is 13000. The summed E-state index contributed by atoms with van der Waals surface area (Å²) in [6, 6.07) is 0. The molecule has 0 heterocycles. The molecule has 0 amide bonds. The van der Waals surface area contributed by atoms with Crippen LogP contribution in [0.2, 0.25) is 0 Å². The van der Waals surface area contributed by atoms with Gasteiger partial charge in [-0.2, -0.15) is 0 Å². The van der Waals surface area contributed by atoms with Crippen LogP contribution in [0.4, 0.5) is 0 Å². The number of aliphatic hydroxyl groups excluding tert-OH is 5. The Kier molecular flexibility index (Phi) is 42.5. The molecule has 0 unspecified atom stereocenters. The minimum absolute atomic E-state index is 2.17. The van der Waals surface area contributed by atoms with Gasteiger partial charge < -0.3 is 76.6 Å². The van der Waals surface area contributed by atoms with Crippen LogP contribution in [0.1, 0.15) is 0 Å². The van der Waals surface area contributed by atoms with Gasteiger partial charge in [0.05, 0.1) is 0 Å². The van der Waals surface area contributed by atoms with Crippen LogP contribution >= 0.6 is 0 Å². The van der Waals surface area contributed by atoms with Crippen molar-refractivity contribution in [2.24, 2.45) is 0 Å². The lowest BCUT2D eigenvalue weighted by Gasteiger charge is -1.80. The van der Waals surface area contributed by atoms with Crippen LogP contribution < -0.4 is 0 Å². The predicted octanol–water partition coefficient (Wildman–Crippen LogP) is -8.77. The van der Waals surface area contributed by atoms with Crippen molar-refractivity contribution in [3.8, 4) is 0 Å². The second-order valence-corrected chi connectivity index (χ2v) is 1.73. The molecule has 0 atom stereocenters. The van der Waals surface area contributed by atoms with Crippen LogP contribution in [0, 0.1) is 0 Å². The zero-order valence-electron chi connectivity index (χ0n) is 9.59. The van der Waals surface area contributed by atoms with Gasteiger partial charge in [-0.15, -0.1) is 0 Å². The summed E-state index contributed by atoms with van der Waals surface area (Å²) < 4.78 is 0. The molecule has 130 valence electrons. The van der Waals surface area contributed by atoms with Crippen molar-refractivity contribution in [3.05, 3.63) is 0 Å². The second kappa shape index (κ2) is 26.9. The molecule has 0 bridgehead atoms. The smallest absolute Gasteiger partial charge is 0.263 e. The summed E-state index contributed by atoms with van der Waals surface area (Å²) >= 11 is 0. The van der Waals surface area contributed by atoms with Crippen molar-refractivity contribution >= 4 is 0 Å². The molecule has 0 radical (unpaired) electrons. The van der Waals surface area contributed by atoms with Crippen molar-refractivity contribution in [2.75, 3.05) is 0 Å². The third-order valence-electron chi connectivity index (χ3n) is 0. The molecular formula is C5H20O15. The molecule has 15 N–H and O–H groups in total. The Bertz CT molecular complexity index is 74.8. The van der Waals surface area contributed by atoms with Gasteiger partial charge in [0.1, 0.15) is 0 Å². The van der Waals surface area contributed by atoms with Crippen molar-refractivity contribution in [2.45, 2.75) is 32.4 Å². The monoisotopic (exact) mass is 320 g/mol. The van der Waals surface area contributed by atoms with E-state index in [0.29, 0.717) is 0 Å². The zero-order valence-corrected chi connectivity index (χ0v) is 9.59. The lowest BCUT2D eigenvalue weighted by molar-refractivity contribution is -0.199. The van der Waals surface area contributed by atoms with E-state index in [-0.39, 0.29) is 0 Å². The maximum Gasteiger partial charge on any atom is 0.263 e. The van der Waals surface area contributed by atoms with Crippen LogP contribution in [0.5, 0.6) is 0 Å². The quantitative estimate of drug-likeness (QED) is 0.184. The van der Waals surface area contributed by atoms with Gasteiger partial charge in [0.15, 0.2) is 0 Å². The van der Waals surface area contributed by atoms with Crippen LogP contribution in [-0.4, -0.2) is 109 Å². The summed E-state index contributed by atoms with van der Waals surface area (Å²) in [6.07, 6.45) is 0. The maximum atomic E-state index is 7.17. The minimum Gasteiger partial charge on any atom is -0.346 e. The van der Waals surface area contributed by atoms with Gasteiger partial charge >= 0.3 is 0 Å². The minimum atomic E-state index is -2.17. The van der Waals surface area contributed by atoms with Gasteiger partial charge in [0, 0.05) is 0 Å². The maximum absolute atomic E-state index is 7.17. The second-order valence-electron chi connectivity index (χ2n) is 1.73. The lowest BCUT2D eigenvalue weighted by atomic mass is 11.4. The Morgan fingerprint density at radius 3 is 0.200 bits per heavy atom. The average molecular weight is 320 g/mol.